The summed E-state index contributed by atoms with van der Waals surface area (Å²) in [5.41, 5.74) is 0.966. The fourth-order valence-corrected chi connectivity index (χ4v) is 3.21. The molecule has 2 fully saturated rings. The zero-order valence-electron chi connectivity index (χ0n) is 13.0. The molecule has 0 unspecified atom stereocenters. The van der Waals surface area contributed by atoms with E-state index in [2.05, 4.69) is 0 Å². The molecular formula is C17H21ClN2O3. The number of rotatable bonds is 5. The highest BCUT2D eigenvalue weighted by molar-refractivity contribution is 6.27. The van der Waals surface area contributed by atoms with Gasteiger partial charge in [-0.3, -0.25) is 4.79 Å². The lowest BCUT2D eigenvalue weighted by atomic mass is 10.2. The minimum atomic E-state index is -0.314. The van der Waals surface area contributed by atoms with E-state index in [9.17, 15) is 9.59 Å². The van der Waals surface area contributed by atoms with E-state index in [1.54, 1.807) is 4.90 Å². The number of ether oxygens (including phenoxy) is 1. The molecule has 1 heterocycles. The fourth-order valence-electron chi connectivity index (χ4n) is 3.07. The third-order valence-electron chi connectivity index (χ3n) is 4.36. The Morgan fingerprint density at radius 1 is 1.17 bits per heavy atom. The maximum Gasteiger partial charge on any atom is 0.410 e. The third kappa shape index (κ3) is 3.96. The monoisotopic (exact) mass is 336 g/mol. The minimum Gasteiger partial charge on any atom is -0.445 e. The van der Waals surface area contributed by atoms with Crippen molar-refractivity contribution in [3.05, 3.63) is 35.9 Å². The summed E-state index contributed by atoms with van der Waals surface area (Å²) in [5, 5.41) is 0. The van der Waals surface area contributed by atoms with E-state index in [0.717, 1.165) is 24.8 Å². The van der Waals surface area contributed by atoms with Crippen molar-refractivity contribution < 1.29 is 14.3 Å². The van der Waals surface area contributed by atoms with Gasteiger partial charge < -0.3 is 14.5 Å². The summed E-state index contributed by atoms with van der Waals surface area (Å²) in [7, 11) is 0. The number of amides is 2. The van der Waals surface area contributed by atoms with Crippen LogP contribution in [0.2, 0.25) is 0 Å². The van der Waals surface area contributed by atoms with Crippen molar-refractivity contribution in [2.45, 2.75) is 38.0 Å². The second-order valence-corrected chi connectivity index (χ2v) is 6.36. The number of benzene rings is 1. The number of carbonyl (C=O) groups excluding carboxylic acids is 2. The summed E-state index contributed by atoms with van der Waals surface area (Å²) in [6.45, 7) is 1.43. The molecule has 5 nitrogen and oxygen atoms in total. The van der Waals surface area contributed by atoms with Gasteiger partial charge in [-0.1, -0.05) is 30.3 Å². The highest BCUT2D eigenvalue weighted by Gasteiger charge is 2.40. The Bertz CT molecular complexity index is 562. The largest absolute Gasteiger partial charge is 0.445 e. The Hall–Kier alpha value is -1.75. The second-order valence-electron chi connectivity index (χ2n) is 6.09. The fraction of sp³-hybridized carbons (Fsp3) is 0.529. The van der Waals surface area contributed by atoms with Crippen molar-refractivity contribution in [1.82, 2.24) is 9.80 Å². The molecule has 2 aliphatic rings. The molecule has 1 saturated heterocycles. The van der Waals surface area contributed by atoms with Gasteiger partial charge in [-0.25, -0.2) is 4.79 Å². The summed E-state index contributed by atoms with van der Waals surface area (Å²) in [6, 6.07) is 9.99. The van der Waals surface area contributed by atoms with Crippen LogP contribution in [0.4, 0.5) is 4.79 Å². The van der Waals surface area contributed by atoms with Crippen LogP contribution in [-0.2, 0) is 16.1 Å². The lowest BCUT2D eigenvalue weighted by Crippen LogP contribution is -2.44. The van der Waals surface area contributed by atoms with Crippen LogP contribution in [0.3, 0.4) is 0 Å². The molecule has 1 aliphatic heterocycles. The molecule has 1 aromatic rings. The number of nitrogens with zero attached hydrogens (tertiary/aromatic N) is 2. The van der Waals surface area contributed by atoms with Crippen molar-refractivity contribution in [3.63, 3.8) is 0 Å². The number of alkyl halides is 1. The number of halogens is 1. The molecule has 2 amide bonds. The number of carbonyl (C=O) groups is 2. The van der Waals surface area contributed by atoms with E-state index in [0.29, 0.717) is 19.1 Å². The van der Waals surface area contributed by atoms with Gasteiger partial charge in [0, 0.05) is 19.1 Å². The zero-order valence-corrected chi connectivity index (χ0v) is 13.7. The molecule has 0 N–H and O–H groups in total. The standard InChI is InChI=1S/C17H21ClN2O3/c18-10-16(21)20(14-6-7-14)15-8-9-19(11-15)17(22)23-12-13-4-2-1-3-5-13/h1-5,14-15H,6-12H2/t15-/m1/s1. The first-order valence-electron chi connectivity index (χ1n) is 8.02. The van der Waals surface area contributed by atoms with Gasteiger partial charge in [0.1, 0.15) is 12.5 Å². The topological polar surface area (TPSA) is 49.9 Å². The average molecular weight is 337 g/mol. The van der Waals surface area contributed by atoms with Crippen LogP contribution in [-0.4, -0.2) is 52.9 Å². The Morgan fingerprint density at radius 2 is 1.91 bits per heavy atom. The van der Waals surface area contributed by atoms with Crippen LogP contribution >= 0.6 is 11.6 Å². The molecule has 0 aromatic heterocycles. The number of hydrogen-bond acceptors (Lipinski definition) is 3. The van der Waals surface area contributed by atoms with Crippen molar-refractivity contribution >= 4 is 23.6 Å². The van der Waals surface area contributed by atoms with Gasteiger partial charge in [-0.05, 0) is 24.8 Å². The van der Waals surface area contributed by atoms with Gasteiger partial charge in [-0.2, -0.15) is 0 Å². The van der Waals surface area contributed by atoms with Crippen molar-refractivity contribution in [2.24, 2.45) is 0 Å². The molecule has 0 spiro atoms. The van der Waals surface area contributed by atoms with Crippen molar-refractivity contribution in [2.75, 3.05) is 19.0 Å². The predicted molar refractivity (Wildman–Crippen MR) is 87.2 cm³/mol. The molecule has 1 saturated carbocycles. The molecule has 1 aromatic carbocycles. The Labute approximate surface area is 141 Å². The highest BCUT2D eigenvalue weighted by atomic mass is 35.5. The Kier molecular flexibility index (Phi) is 5.06. The number of hydrogen-bond donors (Lipinski definition) is 0. The Morgan fingerprint density at radius 3 is 2.57 bits per heavy atom. The van der Waals surface area contributed by atoms with Crippen LogP contribution in [0.25, 0.3) is 0 Å². The summed E-state index contributed by atoms with van der Waals surface area (Å²) in [5.74, 6) is -0.0236. The summed E-state index contributed by atoms with van der Waals surface area (Å²) in [4.78, 5) is 27.8. The van der Waals surface area contributed by atoms with Gasteiger partial charge >= 0.3 is 6.09 Å². The van der Waals surface area contributed by atoms with Crippen LogP contribution in [0.1, 0.15) is 24.8 Å². The maximum absolute atomic E-state index is 12.2. The van der Waals surface area contributed by atoms with E-state index < -0.39 is 0 Å². The van der Waals surface area contributed by atoms with Crippen LogP contribution in [0.15, 0.2) is 30.3 Å². The lowest BCUT2D eigenvalue weighted by Gasteiger charge is -2.28. The molecule has 23 heavy (non-hydrogen) atoms. The average Bonchev–Trinajstić information content (AvgIpc) is 3.29. The first kappa shape index (κ1) is 16.1. The predicted octanol–water partition coefficient (Wildman–Crippen LogP) is 2.63. The molecule has 0 bridgehead atoms. The van der Waals surface area contributed by atoms with Gasteiger partial charge in [0.25, 0.3) is 0 Å². The van der Waals surface area contributed by atoms with Crippen LogP contribution in [0, 0.1) is 0 Å². The molecule has 0 radical (unpaired) electrons. The SMILES string of the molecule is O=C(OCc1ccccc1)N1CC[C@@H](N(C(=O)CCl)C2CC2)C1. The van der Waals surface area contributed by atoms with Crippen LogP contribution < -0.4 is 0 Å². The van der Waals surface area contributed by atoms with Gasteiger partial charge in [0.2, 0.25) is 5.91 Å². The quantitative estimate of drug-likeness (QED) is 0.777. The summed E-state index contributed by atoms with van der Waals surface area (Å²) >= 11 is 5.72. The third-order valence-corrected chi connectivity index (χ3v) is 4.59. The van der Waals surface area contributed by atoms with Gasteiger partial charge in [0.05, 0.1) is 6.04 Å². The molecule has 1 atom stereocenters. The molecular weight excluding hydrogens is 316 g/mol. The van der Waals surface area contributed by atoms with E-state index in [4.69, 9.17) is 16.3 Å². The lowest BCUT2D eigenvalue weighted by molar-refractivity contribution is -0.131. The molecule has 6 heteroatoms. The van der Waals surface area contributed by atoms with Crippen LogP contribution in [0.5, 0.6) is 0 Å². The first-order chi connectivity index (χ1) is 11.2. The van der Waals surface area contributed by atoms with E-state index in [1.165, 1.54) is 0 Å². The maximum atomic E-state index is 12.2. The molecule has 124 valence electrons. The summed E-state index contributed by atoms with van der Waals surface area (Å²) < 4.78 is 5.36. The van der Waals surface area contributed by atoms with E-state index in [-0.39, 0.29) is 30.5 Å². The zero-order chi connectivity index (χ0) is 16.2. The van der Waals surface area contributed by atoms with Gasteiger partial charge in [-0.15, -0.1) is 11.6 Å². The van der Waals surface area contributed by atoms with Crippen molar-refractivity contribution in [3.8, 4) is 0 Å². The Balaban J connectivity index is 1.52. The second kappa shape index (κ2) is 7.21. The van der Waals surface area contributed by atoms with Crippen molar-refractivity contribution in [1.29, 1.82) is 0 Å². The van der Waals surface area contributed by atoms with E-state index in [1.807, 2.05) is 35.2 Å². The first-order valence-corrected chi connectivity index (χ1v) is 8.55. The van der Waals surface area contributed by atoms with Gasteiger partial charge in [0.15, 0.2) is 0 Å². The summed E-state index contributed by atoms with van der Waals surface area (Å²) in [6.07, 6.45) is 2.56. The molecule has 3 rings (SSSR count). The minimum absolute atomic E-state index is 0.00541. The smallest absolute Gasteiger partial charge is 0.410 e. The molecule has 1 aliphatic carbocycles. The van der Waals surface area contributed by atoms with E-state index >= 15 is 0 Å². The number of likely N-dealkylation sites (tertiary alicyclic amines) is 1. The highest BCUT2D eigenvalue weighted by Crippen LogP contribution is 2.32. The normalized spacial score (nSPS) is 20.4.